The average Bonchev–Trinajstić information content (AvgIpc) is 2.67. The van der Waals surface area contributed by atoms with Gasteiger partial charge in [-0.2, -0.15) is 0 Å². The number of nitrogens with one attached hydrogen (secondary N) is 1. The fourth-order valence-electron chi connectivity index (χ4n) is 2.57. The largest absolute Gasteiger partial charge is 0.492 e. The second kappa shape index (κ2) is 11.5. The maximum absolute atomic E-state index is 11.2. The first-order valence-electron chi connectivity index (χ1n) is 9.06. The van der Waals surface area contributed by atoms with Crippen LogP contribution in [-0.2, 0) is 9.47 Å². The molecular weight excluding hydrogens is 380 g/mol. The van der Waals surface area contributed by atoms with Crippen molar-refractivity contribution in [3.05, 3.63) is 64.7 Å². The summed E-state index contributed by atoms with van der Waals surface area (Å²) in [4.78, 5) is 13.3. The molecule has 152 valence electrons. The molecule has 0 saturated carbocycles. The van der Waals surface area contributed by atoms with Crippen molar-refractivity contribution in [2.24, 2.45) is 0 Å². The van der Waals surface area contributed by atoms with Crippen molar-refractivity contribution < 1.29 is 19.0 Å². The van der Waals surface area contributed by atoms with Gasteiger partial charge in [-0.15, -0.1) is 0 Å². The smallest absolute Gasteiger partial charge is 0.406 e. The highest BCUT2D eigenvalue weighted by Gasteiger charge is 2.16. The van der Waals surface area contributed by atoms with Gasteiger partial charge in [-0.05, 0) is 49.5 Å². The summed E-state index contributed by atoms with van der Waals surface area (Å²) in [6.07, 6.45) is -0.824. The monoisotopic (exact) mass is 406 g/mol. The van der Waals surface area contributed by atoms with E-state index in [2.05, 4.69) is 15.0 Å². The average molecular weight is 407 g/mol. The summed E-state index contributed by atoms with van der Waals surface area (Å²) in [6.45, 7) is 2.08. The predicted octanol–water partition coefficient (Wildman–Crippen LogP) is 3.74. The van der Waals surface area contributed by atoms with Crippen molar-refractivity contribution in [3.63, 3.8) is 0 Å². The van der Waals surface area contributed by atoms with Crippen LogP contribution in [0.15, 0.2) is 48.5 Å². The summed E-state index contributed by atoms with van der Waals surface area (Å²) in [5, 5.41) is 3.25. The Labute approximate surface area is 171 Å². The molecule has 0 aliphatic rings. The predicted molar refractivity (Wildman–Crippen MR) is 110 cm³/mol. The summed E-state index contributed by atoms with van der Waals surface area (Å²) in [7, 11) is 5.34. The number of carbonyl (C=O) groups is 1. The van der Waals surface area contributed by atoms with Crippen molar-refractivity contribution in [1.29, 1.82) is 0 Å². The summed E-state index contributed by atoms with van der Waals surface area (Å²) < 4.78 is 16.5. The van der Waals surface area contributed by atoms with Crippen molar-refractivity contribution in [2.45, 2.75) is 6.10 Å². The van der Waals surface area contributed by atoms with Crippen molar-refractivity contribution in [2.75, 3.05) is 47.5 Å². The van der Waals surface area contributed by atoms with Crippen molar-refractivity contribution >= 4 is 17.7 Å². The molecule has 28 heavy (non-hydrogen) atoms. The molecule has 1 atom stereocenters. The Morgan fingerprint density at radius 2 is 1.82 bits per heavy atom. The van der Waals surface area contributed by atoms with E-state index >= 15 is 0 Å². The van der Waals surface area contributed by atoms with Crippen LogP contribution in [0.2, 0.25) is 5.02 Å². The van der Waals surface area contributed by atoms with Crippen LogP contribution in [0.25, 0.3) is 0 Å². The second-order valence-electron chi connectivity index (χ2n) is 6.45. The minimum Gasteiger partial charge on any atom is -0.492 e. The maximum atomic E-state index is 11.2. The fraction of sp³-hybridized carbons (Fsp3) is 0.381. The Hall–Kier alpha value is -2.28. The minimum atomic E-state index is -0.487. The highest BCUT2D eigenvalue weighted by Crippen LogP contribution is 2.30. The first-order chi connectivity index (χ1) is 13.5. The Bertz CT molecular complexity index is 755. The number of methoxy groups -OCH3 is 1. The molecule has 0 aliphatic heterocycles. The number of rotatable bonds is 10. The van der Waals surface area contributed by atoms with Crippen LogP contribution in [0.1, 0.15) is 17.2 Å². The van der Waals surface area contributed by atoms with E-state index in [4.69, 9.17) is 21.1 Å². The molecule has 2 aromatic carbocycles. The fourth-order valence-corrected chi connectivity index (χ4v) is 2.77. The molecule has 6 nitrogen and oxygen atoms in total. The van der Waals surface area contributed by atoms with Crippen molar-refractivity contribution in [3.8, 4) is 5.75 Å². The lowest BCUT2D eigenvalue weighted by molar-refractivity contribution is 0.0804. The van der Waals surface area contributed by atoms with Crippen molar-refractivity contribution in [1.82, 2.24) is 10.2 Å². The first-order valence-corrected chi connectivity index (χ1v) is 9.43. The summed E-state index contributed by atoms with van der Waals surface area (Å²) >= 11 is 6.17. The molecule has 7 heteroatoms. The lowest BCUT2D eigenvalue weighted by atomic mass is 10.0. The van der Waals surface area contributed by atoms with Gasteiger partial charge in [0.1, 0.15) is 18.5 Å². The third-order valence-electron chi connectivity index (χ3n) is 3.96. The Morgan fingerprint density at radius 3 is 2.50 bits per heavy atom. The van der Waals surface area contributed by atoms with Crippen LogP contribution in [0, 0.1) is 0 Å². The Balaban J connectivity index is 2.13. The molecule has 1 amide bonds. The van der Waals surface area contributed by atoms with Crippen LogP contribution < -0.4 is 10.1 Å². The lowest BCUT2D eigenvalue weighted by Crippen LogP contribution is -2.27. The molecule has 0 saturated heterocycles. The zero-order valence-corrected chi connectivity index (χ0v) is 17.2. The van der Waals surface area contributed by atoms with Gasteiger partial charge in [0.25, 0.3) is 0 Å². The highest BCUT2D eigenvalue weighted by atomic mass is 35.5. The molecule has 0 radical (unpaired) electrons. The third-order valence-corrected chi connectivity index (χ3v) is 4.20. The van der Waals surface area contributed by atoms with Gasteiger partial charge in [-0.1, -0.05) is 35.9 Å². The van der Waals surface area contributed by atoms with Gasteiger partial charge < -0.3 is 24.4 Å². The zero-order chi connectivity index (χ0) is 20.4. The Kier molecular flexibility index (Phi) is 9.07. The molecule has 0 bridgehead atoms. The molecule has 2 aromatic rings. The number of hydrogen-bond acceptors (Lipinski definition) is 5. The van der Waals surface area contributed by atoms with E-state index in [1.54, 1.807) is 0 Å². The number of amides is 1. The van der Waals surface area contributed by atoms with Gasteiger partial charge in [0.2, 0.25) is 0 Å². The number of benzene rings is 2. The van der Waals surface area contributed by atoms with Crippen LogP contribution in [0.3, 0.4) is 0 Å². The van der Waals surface area contributed by atoms with Gasteiger partial charge in [0.05, 0.1) is 13.7 Å². The number of halogens is 1. The number of nitrogens with zero attached hydrogens (tertiary/aromatic N) is 1. The third kappa shape index (κ3) is 7.38. The first kappa shape index (κ1) is 22.0. The summed E-state index contributed by atoms with van der Waals surface area (Å²) in [5.74, 6) is 0.780. The Morgan fingerprint density at radius 1 is 1.11 bits per heavy atom. The van der Waals surface area contributed by atoms with E-state index in [-0.39, 0.29) is 6.10 Å². The number of hydrogen-bond donors (Lipinski definition) is 1. The van der Waals surface area contributed by atoms with Crippen LogP contribution in [-0.4, -0.2) is 58.5 Å². The SMILES string of the molecule is COC(=O)NCCOC(c1cccc(Cl)c1)c1cccc(OCCN(C)C)c1. The molecule has 0 fully saturated rings. The van der Waals surface area contributed by atoms with E-state index in [0.29, 0.717) is 24.8 Å². The standard InChI is InChI=1S/C21H27ClN2O4/c1-24(2)11-13-27-19-9-5-7-17(15-19)20(16-6-4-8-18(22)14-16)28-12-10-23-21(25)26-3/h4-9,14-15,20H,10-13H2,1-3H3,(H,23,25). The zero-order valence-electron chi connectivity index (χ0n) is 16.5. The number of likely N-dealkylation sites (N-methyl/N-ethyl adjacent to an activating group) is 1. The van der Waals surface area contributed by atoms with Crippen LogP contribution in [0.4, 0.5) is 4.79 Å². The normalized spacial score (nSPS) is 11.9. The summed E-state index contributed by atoms with van der Waals surface area (Å²) in [5.41, 5.74) is 1.87. The molecule has 0 spiro atoms. The van der Waals surface area contributed by atoms with E-state index in [1.807, 2.05) is 62.6 Å². The van der Waals surface area contributed by atoms with Crippen LogP contribution in [0.5, 0.6) is 5.75 Å². The number of alkyl carbamates (subject to hydrolysis) is 1. The second-order valence-corrected chi connectivity index (χ2v) is 6.88. The van der Waals surface area contributed by atoms with E-state index in [0.717, 1.165) is 23.4 Å². The maximum Gasteiger partial charge on any atom is 0.406 e. The molecule has 0 aromatic heterocycles. The van der Waals surface area contributed by atoms with Gasteiger partial charge in [-0.3, -0.25) is 0 Å². The topological polar surface area (TPSA) is 60.0 Å². The van der Waals surface area contributed by atoms with E-state index in [1.165, 1.54) is 7.11 Å². The van der Waals surface area contributed by atoms with E-state index < -0.39 is 6.09 Å². The quantitative estimate of drug-likeness (QED) is 0.609. The number of carbonyl (C=O) groups excluding carboxylic acids is 1. The highest BCUT2D eigenvalue weighted by molar-refractivity contribution is 6.30. The summed E-state index contributed by atoms with van der Waals surface area (Å²) in [6, 6.07) is 15.4. The van der Waals surface area contributed by atoms with E-state index in [9.17, 15) is 4.79 Å². The van der Waals surface area contributed by atoms with Gasteiger partial charge in [0.15, 0.2) is 0 Å². The molecule has 0 heterocycles. The lowest BCUT2D eigenvalue weighted by Gasteiger charge is -2.20. The minimum absolute atomic E-state index is 0.317. The molecule has 0 aliphatic carbocycles. The molecule has 1 N–H and O–H groups in total. The molecular formula is C21H27ClN2O4. The van der Waals surface area contributed by atoms with Gasteiger partial charge in [0, 0.05) is 18.1 Å². The number of ether oxygens (including phenoxy) is 3. The molecule has 2 rings (SSSR count). The van der Waals surface area contributed by atoms with Gasteiger partial charge >= 0.3 is 6.09 Å². The van der Waals surface area contributed by atoms with Gasteiger partial charge in [-0.25, -0.2) is 4.79 Å². The molecule has 1 unspecified atom stereocenters. The van der Waals surface area contributed by atoms with Crippen LogP contribution >= 0.6 is 11.6 Å².